The summed E-state index contributed by atoms with van der Waals surface area (Å²) in [6.45, 7) is 3.50. The molecule has 4 N–H and O–H groups in total. The Morgan fingerprint density at radius 1 is 1.23 bits per heavy atom. The second-order valence-electron chi connectivity index (χ2n) is 7.44. The van der Waals surface area contributed by atoms with E-state index in [1.807, 2.05) is 43.3 Å². The molecular weight excluding hydrogens is 398 g/mol. The molecule has 1 amide bonds. The maximum atomic E-state index is 11.7. The molecule has 0 saturated carbocycles. The lowest BCUT2D eigenvalue weighted by Crippen LogP contribution is -2.26. The third-order valence-electron chi connectivity index (χ3n) is 4.70. The molecule has 2 aromatic rings. The summed E-state index contributed by atoms with van der Waals surface area (Å²) in [5.41, 5.74) is 9.45. The van der Waals surface area contributed by atoms with Crippen LogP contribution >= 0.6 is 12.2 Å². The molecule has 0 spiro atoms. The van der Waals surface area contributed by atoms with Crippen LogP contribution in [0, 0.1) is 6.92 Å². The molecule has 0 aliphatic rings. The second kappa shape index (κ2) is 11.6. The Morgan fingerprint density at radius 3 is 2.67 bits per heavy atom. The number of carbonyl (C=O) groups is 1. The molecule has 1 unspecified atom stereocenters. The van der Waals surface area contributed by atoms with Crippen molar-refractivity contribution in [1.82, 2.24) is 10.2 Å². The number of hydrogen-bond donors (Lipinski definition) is 3. The first-order valence-corrected chi connectivity index (χ1v) is 10.4. The van der Waals surface area contributed by atoms with Gasteiger partial charge in [0.15, 0.2) is 0 Å². The average molecular weight is 430 g/mol. The lowest BCUT2D eigenvalue weighted by Gasteiger charge is -2.14. The molecule has 0 fully saturated rings. The molecule has 0 aromatic heterocycles. The van der Waals surface area contributed by atoms with Gasteiger partial charge in [0.05, 0.1) is 6.10 Å². The van der Waals surface area contributed by atoms with Crippen LogP contribution in [0.4, 0.5) is 5.69 Å². The summed E-state index contributed by atoms with van der Waals surface area (Å²) >= 11 is 5.43. The van der Waals surface area contributed by atoms with Gasteiger partial charge >= 0.3 is 0 Å². The van der Waals surface area contributed by atoms with Gasteiger partial charge in [-0.15, -0.1) is 0 Å². The van der Waals surface area contributed by atoms with Gasteiger partial charge in [0, 0.05) is 55.8 Å². The molecule has 6 nitrogen and oxygen atoms in total. The molecule has 0 aliphatic heterocycles. The van der Waals surface area contributed by atoms with Crippen molar-refractivity contribution >= 4 is 28.7 Å². The lowest BCUT2D eigenvalue weighted by atomic mass is 10.1. The predicted octanol–water partition coefficient (Wildman–Crippen LogP) is 2.87. The highest BCUT2D eigenvalue weighted by atomic mass is 32.1. The van der Waals surface area contributed by atoms with Crippen LogP contribution in [-0.4, -0.2) is 54.6 Å². The quantitative estimate of drug-likeness (QED) is 0.220. The van der Waals surface area contributed by atoms with E-state index in [4.69, 9.17) is 22.7 Å². The van der Waals surface area contributed by atoms with E-state index >= 15 is 0 Å². The van der Waals surface area contributed by atoms with Gasteiger partial charge in [0.2, 0.25) is 5.91 Å². The summed E-state index contributed by atoms with van der Waals surface area (Å²) in [7, 11) is 3.45. The number of nitrogen functional groups attached to an aromatic ring is 1. The molecule has 7 heteroatoms. The van der Waals surface area contributed by atoms with Gasteiger partial charge in [0.1, 0.15) is 12.4 Å². The zero-order valence-corrected chi connectivity index (χ0v) is 18.7. The van der Waals surface area contributed by atoms with Gasteiger partial charge in [-0.05, 0) is 31.0 Å². The van der Waals surface area contributed by atoms with Crippen LogP contribution in [0.25, 0.3) is 0 Å². The van der Waals surface area contributed by atoms with E-state index in [1.165, 1.54) is 0 Å². The number of benzene rings is 2. The van der Waals surface area contributed by atoms with E-state index in [0.29, 0.717) is 48.8 Å². The number of aryl methyl sites for hydroxylation is 1. The highest BCUT2D eigenvalue weighted by molar-refractivity contribution is 7.80. The molecule has 162 valence electrons. The van der Waals surface area contributed by atoms with Crippen molar-refractivity contribution in [3.63, 3.8) is 0 Å². The Morgan fingerprint density at radius 2 is 2.00 bits per heavy atom. The molecule has 0 radical (unpaired) electrons. The van der Waals surface area contributed by atoms with Crippen molar-refractivity contribution in [3.05, 3.63) is 59.2 Å². The predicted molar refractivity (Wildman–Crippen MR) is 125 cm³/mol. The van der Waals surface area contributed by atoms with E-state index in [2.05, 4.69) is 5.32 Å². The SMILES string of the molecule is Cc1cccc(C(O)CNCCOc2ccc(C(=S)CCC(=O)N(C)C)c(N)c2)c1. The molecule has 2 aromatic carbocycles. The lowest BCUT2D eigenvalue weighted by molar-refractivity contribution is -0.128. The summed E-state index contributed by atoms with van der Waals surface area (Å²) < 4.78 is 5.73. The largest absolute Gasteiger partial charge is 0.492 e. The number of carbonyl (C=O) groups excluding carboxylic acids is 1. The zero-order chi connectivity index (χ0) is 22.1. The van der Waals surface area contributed by atoms with E-state index < -0.39 is 6.10 Å². The maximum Gasteiger partial charge on any atom is 0.222 e. The fourth-order valence-electron chi connectivity index (χ4n) is 2.94. The van der Waals surface area contributed by atoms with Crippen molar-refractivity contribution in [3.8, 4) is 5.75 Å². The number of anilines is 1. The smallest absolute Gasteiger partial charge is 0.222 e. The fraction of sp³-hybridized carbons (Fsp3) is 0.391. The topological polar surface area (TPSA) is 87.8 Å². The summed E-state index contributed by atoms with van der Waals surface area (Å²) in [5, 5.41) is 13.4. The first-order valence-electron chi connectivity index (χ1n) is 9.99. The molecule has 2 rings (SSSR count). The molecule has 0 aliphatic carbocycles. The van der Waals surface area contributed by atoms with Crippen LogP contribution in [0.5, 0.6) is 5.75 Å². The van der Waals surface area contributed by atoms with Crippen molar-refractivity contribution in [2.75, 3.05) is 39.5 Å². The van der Waals surface area contributed by atoms with Crippen LogP contribution in [-0.2, 0) is 4.79 Å². The minimum Gasteiger partial charge on any atom is -0.492 e. The minimum atomic E-state index is -0.555. The fourth-order valence-corrected chi connectivity index (χ4v) is 3.23. The van der Waals surface area contributed by atoms with Gasteiger partial charge in [-0.2, -0.15) is 0 Å². The van der Waals surface area contributed by atoms with Gasteiger partial charge in [0.25, 0.3) is 0 Å². The van der Waals surface area contributed by atoms with Crippen LogP contribution in [0.3, 0.4) is 0 Å². The first-order chi connectivity index (χ1) is 14.3. The third-order valence-corrected chi connectivity index (χ3v) is 5.12. The first kappa shape index (κ1) is 23.8. The summed E-state index contributed by atoms with van der Waals surface area (Å²) in [6.07, 6.45) is 0.299. The number of aliphatic hydroxyl groups excluding tert-OH is 1. The van der Waals surface area contributed by atoms with Crippen LogP contribution in [0.2, 0.25) is 0 Å². The van der Waals surface area contributed by atoms with E-state index in [1.54, 1.807) is 25.1 Å². The number of aliphatic hydroxyl groups is 1. The highest BCUT2D eigenvalue weighted by Crippen LogP contribution is 2.22. The van der Waals surface area contributed by atoms with E-state index in [-0.39, 0.29) is 5.91 Å². The van der Waals surface area contributed by atoms with Crippen LogP contribution in [0.15, 0.2) is 42.5 Å². The molecule has 30 heavy (non-hydrogen) atoms. The monoisotopic (exact) mass is 429 g/mol. The second-order valence-corrected chi connectivity index (χ2v) is 7.94. The number of thiocarbonyl (C=S) groups is 1. The maximum absolute atomic E-state index is 11.7. The van der Waals surface area contributed by atoms with Gasteiger partial charge in [-0.3, -0.25) is 4.79 Å². The number of hydrogen-bond acceptors (Lipinski definition) is 6. The van der Waals surface area contributed by atoms with Crippen molar-refractivity contribution < 1.29 is 14.6 Å². The standard InChI is InChI=1S/C23H31N3O3S/c1-16-5-4-6-17(13-16)21(27)15-25-11-12-29-18-7-8-19(20(24)14-18)22(30)9-10-23(28)26(2)3/h4-8,13-14,21,25,27H,9-12,15,24H2,1-3H3. The number of nitrogens with zero attached hydrogens (tertiary/aromatic N) is 1. The van der Waals surface area contributed by atoms with Crippen LogP contribution in [0.1, 0.15) is 35.6 Å². The summed E-state index contributed by atoms with van der Waals surface area (Å²) in [4.78, 5) is 13.9. The Bertz CT molecular complexity index is 871. The number of nitrogens with two attached hydrogens (primary N) is 1. The van der Waals surface area contributed by atoms with E-state index in [0.717, 1.165) is 16.7 Å². The zero-order valence-electron chi connectivity index (χ0n) is 17.9. The number of rotatable bonds is 11. The Hall–Kier alpha value is -2.48. The number of nitrogens with one attached hydrogen (secondary N) is 1. The average Bonchev–Trinajstić information content (AvgIpc) is 2.71. The van der Waals surface area contributed by atoms with Crippen LogP contribution < -0.4 is 15.8 Å². The molecule has 0 bridgehead atoms. The van der Waals surface area contributed by atoms with E-state index in [9.17, 15) is 9.90 Å². The highest BCUT2D eigenvalue weighted by Gasteiger charge is 2.11. The van der Waals surface area contributed by atoms with Crippen molar-refractivity contribution in [2.24, 2.45) is 0 Å². The summed E-state index contributed by atoms with van der Waals surface area (Å²) in [5.74, 6) is 0.695. The van der Waals surface area contributed by atoms with Gasteiger partial charge < -0.3 is 25.8 Å². The van der Waals surface area contributed by atoms with Gasteiger partial charge in [-0.1, -0.05) is 42.0 Å². The molecule has 1 atom stereocenters. The minimum absolute atomic E-state index is 0.0379. The normalized spacial score (nSPS) is 11.7. The number of ether oxygens (including phenoxy) is 1. The summed E-state index contributed by atoms with van der Waals surface area (Å²) in [6, 6.07) is 13.3. The Balaban J connectivity index is 1.75. The molecular formula is C23H31N3O3S. The Kier molecular flexibility index (Phi) is 9.23. The third kappa shape index (κ3) is 7.40. The molecule has 0 saturated heterocycles. The van der Waals surface area contributed by atoms with Crippen molar-refractivity contribution in [2.45, 2.75) is 25.9 Å². The van der Waals surface area contributed by atoms with Crippen molar-refractivity contribution in [1.29, 1.82) is 0 Å². The van der Waals surface area contributed by atoms with Gasteiger partial charge in [-0.25, -0.2) is 0 Å². The molecule has 0 heterocycles. The number of amides is 1. The Labute approximate surface area is 184 Å².